The smallest absolute Gasteiger partial charge is 0.370 e. The van der Waals surface area contributed by atoms with Gasteiger partial charge in [0.25, 0.3) is 0 Å². The fraction of sp³-hybridized carbons (Fsp3) is 0.640. The lowest BCUT2D eigenvalue weighted by molar-refractivity contribution is -0.140. The maximum atomic E-state index is 14.1. The largest absolute Gasteiger partial charge is 0.461 e. The van der Waals surface area contributed by atoms with Crippen molar-refractivity contribution in [3.8, 4) is 5.75 Å². The third kappa shape index (κ3) is 6.34. The first-order valence-corrected chi connectivity index (χ1v) is 15.1. The number of alkyl halides is 1. The molecule has 1 saturated carbocycles. The predicted molar refractivity (Wildman–Crippen MR) is 137 cm³/mol. The number of benzene rings is 1. The van der Waals surface area contributed by atoms with Crippen LogP contribution in [0, 0.1) is 0 Å². The summed E-state index contributed by atoms with van der Waals surface area (Å²) in [5.74, 6) is -2.25. The monoisotopic (exact) mass is 546 g/mol. The van der Waals surface area contributed by atoms with Crippen molar-refractivity contribution in [3.63, 3.8) is 0 Å². The second kappa shape index (κ2) is 12.6. The SMILES string of the molecule is CCCCC1CN(C2CCC(F)CC2)c2cc(SC)c(O/C=C(\F)C(=O)OCC)cc2S(=O)(=O)N1C. The van der Waals surface area contributed by atoms with Crippen molar-refractivity contribution in [1.82, 2.24) is 4.31 Å². The van der Waals surface area contributed by atoms with E-state index in [9.17, 15) is 22.0 Å². The quantitative estimate of drug-likeness (QED) is 0.177. The van der Waals surface area contributed by atoms with Crippen LogP contribution in [0.15, 0.2) is 34.0 Å². The maximum Gasteiger partial charge on any atom is 0.370 e. The molecule has 0 amide bonds. The zero-order chi connectivity index (χ0) is 26.5. The number of esters is 1. The van der Waals surface area contributed by atoms with Crippen LogP contribution >= 0.6 is 11.8 Å². The van der Waals surface area contributed by atoms with E-state index in [1.165, 1.54) is 22.1 Å². The highest BCUT2D eigenvalue weighted by Gasteiger charge is 2.40. The molecule has 0 N–H and O–H groups in total. The number of unbranched alkanes of at least 4 members (excludes halogenated alkanes) is 1. The Balaban J connectivity index is 2.09. The molecule has 0 spiro atoms. The summed E-state index contributed by atoms with van der Waals surface area (Å²) in [6, 6.07) is 2.93. The summed E-state index contributed by atoms with van der Waals surface area (Å²) in [6.07, 6.45) is 6.34. The van der Waals surface area contributed by atoms with Gasteiger partial charge in [-0.1, -0.05) is 19.8 Å². The number of anilines is 1. The molecule has 1 aromatic carbocycles. The number of ether oxygens (including phenoxy) is 2. The molecule has 7 nitrogen and oxygen atoms in total. The lowest BCUT2D eigenvalue weighted by Gasteiger charge is -2.38. The van der Waals surface area contributed by atoms with Crippen LogP contribution in [0.3, 0.4) is 0 Å². The molecule has 1 aliphatic heterocycles. The Morgan fingerprint density at radius 1 is 1.22 bits per heavy atom. The minimum atomic E-state index is -3.91. The average Bonchev–Trinajstić information content (AvgIpc) is 2.94. The Morgan fingerprint density at radius 3 is 2.53 bits per heavy atom. The van der Waals surface area contributed by atoms with Crippen LogP contribution in [0.4, 0.5) is 14.5 Å². The van der Waals surface area contributed by atoms with Crippen LogP contribution in [0.1, 0.15) is 58.8 Å². The standard InChI is InChI=1S/C25H36F2N2O5S2/c1-5-7-8-19-15-29(18-11-9-17(26)10-12-18)21-13-23(35-4)22(14-24(21)36(31,32)28(19)3)34-16-20(27)25(30)33-6-2/h13-14,16-19H,5-12,15H2,1-4H3/b20-16-. The highest BCUT2D eigenvalue weighted by atomic mass is 32.2. The van der Waals surface area contributed by atoms with Crippen molar-refractivity contribution >= 4 is 33.4 Å². The lowest BCUT2D eigenvalue weighted by Crippen LogP contribution is -2.46. The summed E-state index contributed by atoms with van der Waals surface area (Å²) in [7, 11) is -2.32. The van der Waals surface area contributed by atoms with Crippen molar-refractivity contribution in [2.75, 3.05) is 31.4 Å². The Hall–Kier alpha value is -1.85. The van der Waals surface area contributed by atoms with E-state index < -0.39 is 28.0 Å². The number of likely N-dealkylation sites (N-methyl/N-ethyl adjacent to an activating group) is 1. The van der Waals surface area contributed by atoms with Crippen LogP contribution in [-0.4, -0.2) is 63.4 Å². The Kier molecular flexibility index (Phi) is 10.1. The molecule has 1 aromatic rings. The third-order valence-corrected chi connectivity index (χ3v) is 9.55. The van der Waals surface area contributed by atoms with Gasteiger partial charge in [-0.2, -0.15) is 8.70 Å². The van der Waals surface area contributed by atoms with Gasteiger partial charge in [-0.05, 0) is 51.3 Å². The summed E-state index contributed by atoms with van der Waals surface area (Å²) < 4.78 is 67.1. The van der Waals surface area contributed by atoms with Crippen molar-refractivity contribution in [1.29, 1.82) is 0 Å². The Morgan fingerprint density at radius 2 is 1.92 bits per heavy atom. The van der Waals surface area contributed by atoms with Gasteiger partial charge >= 0.3 is 5.97 Å². The summed E-state index contributed by atoms with van der Waals surface area (Å²) in [5.41, 5.74) is 0.551. The first-order chi connectivity index (χ1) is 17.1. The number of halogens is 2. The fourth-order valence-electron chi connectivity index (χ4n) is 4.77. The molecule has 2 aliphatic rings. The van der Waals surface area contributed by atoms with Crippen LogP contribution < -0.4 is 9.64 Å². The molecule has 0 saturated heterocycles. The number of rotatable bonds is 9. The van der Waals surface area contributed by atoms with Gasteiger partial charge in [0, 0.05) is 31.7 Å². The Labute approximate surface area is 217 Å². The van der Waals surface area contributed by atoms with Gasteiger partial charge in [-0.3, -0.25) is 0 Å². The minimum absolute atomic E-state index is 0.0128. The van der Waals surface area contributed by atoms with Gasteiger partial charge in [0.05, 0.1) is 17.2 Å². The summed E-state index contributed by atoms with van der Waals surface area (Å²) >= 11 is 1.32. The molecule has 1 atom stereocenters. The normalized spacial score (nSPS) is 24.7. The first-order valence-electron chi connectivity index (χ1n) is 12.4. The molecule has 202 valence electrons. The van der Waals surface area contributed by atoms with Crippen LogP contribution in [0.25, 0.3) is 0 Å². The second-order valence-electron chi connectivity index (χ2n) is 9.15. The van der Waals surface area contributed by atoms with E-state index in [1.807, 2.05) is 0 Å². The number of hydrogen-bond acceptors (Lipinski definition) is 7. The molecule has 1 aliphatic carbocycles. The van der Waals surface area contributed by atoms with E-state index >= 15 is 0 Å². The number of thioether (sulfide) groups is 1. The van der Waals surface area contributed by atoms with E-state index in [0.29, 0.717) is 55.5 Å². The van der Waals surface area contributed by atoms with E-state index in [0.717, 1.165) is 12.8 Å². The van der Waals surface area contributed by atoms with E-state index in [2.05, 4.69) is 16.6 Å². The number of carbonyl (C=O) groups excluding carboxylic acids is 1. The summed E-state index contributed by atoms with van der Waals surface area (Å²) in [5, 5.41) is 0. The van der Waals surface area contributed by atoms with Crippen molar-refractivity contribution in [2.24, 2.45) is 0 Å². The number of carbonyl (C=O) groups is 1. The molecule has 1 fully saturated rings. The molecule has 36 heavy (non-hydrogen) atoms. The van der Waals surface area contributed by atoms with E-state index in [4.69, 9.17) is 4.74 Å². The van der Waals surface area contributed by atoms with Crippen molar-refractivity contribution in [2.45, 2.75) is 86.8 Å². The molecule has 11 heteroatoms. The molecule has 1 heterocycles. The van der Waals surface area contributed by atoms with Gasteiger partial charge in [-0.15, -0.1) is 11.8 Å². The topological polar surface area (TPSA) is 76.1 Å². The van der Waals surface area contributed by atoms with Gasteiger partial charge in [0.1, 0.15) is 23.1 Å². The Bertz CT molecular complexity index is 1060. The second-order valence-corrected chi connectivity index (χ2v) is 12.0. The molecule has 0 radical (unpaired) electrons. The van der Waals surface area contributed by atoms with E-state index in [1.54, 1.807) is 26.3 Å². The molecule has 1 unspecified atom stereocenters. The molecular formula is C25H36F2N2O5S2. The first kappa shape index (κ1) is 28.7. The molecule has 0 aromatic heterocycles. The number of nitrogens with zero attached hydrogens (tertiary/aromatic N) is 2. The van der Waals surface area contributed by atoms with Crippen molar-refractivity contribution in [3.05, 3.63) is 24.2 Å². The van der Waals surface area contributed by atoms with Crippen LogP contribution in [0.2, 0.25) is 0 Å². The zero-order valence-corrected chi connectivity index (χ0v) is 23.0. The number of fused-ring (bicyclic) bond motifs is 1. The van der Waals surface area contributed by atoms with Gasteiger partial charge in [-0.25, -0.2) is 17.6 Å². The molecule has 3 rings (SSSR count). The number of sulfonamides is 1. The van der Waals surface area contributed by atoms with E-state index in [-0.39, 0.29) is 29.3 Å². The summed E-state index contributed by atoms with van der Waals surface area (Å²) in [4.78, 5) is 14.4. The molecule has 0 bridgehead atoms. The number of hydrogen-bond donors (Lipinski definition) is 0. The third-order valence-electron chi connectivity index (χ3n) is 6.85. The highest BCUT2D eigenvalue weighted by Crippen LogP contribution is 2.43. The van der Waals surface area contributed by atoms with Gasteiger partial charge in [0.2, 0.25) is 15.9 Å². The summed E-state index contributed by atoms with van der Waals surface area (Å²) in [6.45, 7) is 4.15. The minimum Gasteiger partial charge on any atom is -0.461 e. The zero-order valence-electron chi connectivity index (χ0n) is 21.3. The fourth-order valence-corrected chi connectivity index (χ4v) is 6.88. The van der Waals surface area contributed by atoms with Gasteiger partial charge in [0.15, 0.2) is 0 Å². The van der Waals surface area contributed by atoms with Crippen LogP contribution in [0.5, 0.6) is 5.75 Å². The lowest BCUT2D eigenvalue weighted by atomic mass is 9.91. The predicted octanol–water partition coefficient (Wildman–Crippen LogP) is 5.44. The van der Waals surface area contributed by atoms with Crippen LogP contribution in [-0.2, 0) is 19.6 Å². The van der Waals surface area contributed by atoms with Crippen molar-refractivity contribution < 1.29 is 31.5 Å². The maximum absolute atomic E-state index is 14.1. The molecular weight excluding hydrogens is 510 g/mol. The highest BCUT2D eigenvalue weighted by molar-refractivity contribution is 7.98. The average molecular weight is 547 g/mol. The van der Waals surface area contributed by atoms with Gasteiger partial charge < -0.3 is 14.4 Å².